The maximum Gasteiger partial charge on any atom is 0.306 e. The van der Waals surface area contributed by atoms with Crippen molar-refractivity contribution in [3.8, 4) is 0 Å². The van der Waals surface area contributed by atoms with E-state index in [-0.39, 0.29) is 17.2 Å². The second kappa shape index (κ2) is 5.98. The van der Waals surface area contributed by atoms with Crippen molar-refractivity contribution in [3.05, 3.63) is 35.4 Å². The second-order valence-electron chi connectivity index (χ2n) is 5.00. The molecule has 4 nitrogen and oxygen atoms in total. The van der Waals surface area contributed by atoms with Gasteiger partial charge >= 0.3 is 5.97 Å². The van der Waals surface area contributed by atoms with Gasteiger partial charge in [-0.1, -0.05) is 5.16 Å². The molecule has 1 fully saturated rings. The number of hydrogen-bond donors (Lipinski definition) is 2. The number of carboxylic acid groups (broad SMARTS) is 1. The number of carbonyl (C=O) groups is 1. The number of hydrogen-bond acceptors (Lipinski definition) is 3. The van der Waals surface area contributed by atoms with E-state index in [1.807, 2.05) is 0 Å². The summed E-state index contributed by atoms with van der Waals surface area (Å²) in [6.07, 6.45) is 1.93. The Kier molecular flexibility index (Phi) is 4.32. The Labute approximate surface area is 114 Å². The molecule has 1 aromatic carbocycles. The molecule has 0 unspecified atom stereocenters. The molecule has 0 aliphatic heterocycles. The second-order valence-corrected chi connectivity index (χ2v) is 5.00. The molecule has 1 aromatic rings. The van der Waals surface area contributed by atoms with Gasteiger partial charge in [0.15, 0.2) is 0 Å². The molecule has 1 saturated carbocycles. The monoisotopic (exact) mass is 283 g/mol. The lowest BCUT2D eigenvalue weighted by atomic mass is 9.78. The van der Waals surface area contributed by atoms with Gasteiger partial charge in [-0.15, -0.1) is 0 Å². The zero-order valence-electron chi connectivity index (χ0n) is 10.7. The molecular formula is C14H15F2NO3. The van der Waals surface area contributed by atoms with Gasteiger partial charge in [0.1, 0.15) is 11.6 Å². The molecule has 0 bridgehead atoms. The fourth-order valence-corrected chi connectivity index (χ4v) is 2.67. The first-order chi connectivity index (χ1) is 9.52. The molecule has 108 valence electrons. The van der Waals surface area contributed by atoms with Gasteiger partial charge in [0, 0.05) is 17.5 Å². The maximum absolute atomic E-state index is 13.7. The zero-order valence-corrected chi connectivity index (χ0v) is 10.7. The van der Waals surface area contributed by atoms with Gasteiger partial charge in [0.2, 0.25) is 0 Å². The first kappa shape index (κ1) is 14.4. The molecule has 0 atom stereocenters. The fraction of sp³-hybridized carbons (Fsp3) is 0.429. The van der Waals surface area contributed by atoms with Crippen LogP contribution in [0.4, 0.5) is 8.78 Å². The van der Waals surface area contributed by atoms with E-state index in [4.69, 9.17) is 10.3 Å². The van der Waals surface area contributed by atoms with E-state index >= 15 is 0 Å². The summed E-state index contributed by atoms with van der Waals surface area (Å²) < 4.78 is 26.6. The SMILES string of the molecule is O=C(O)C1CCC(C(=NO)c2ccc(F)cc2F)CC1. The van der Waals surface area contributed by atoms with Crippen LogP contribution in [0.15, 0.2) is 23.4 Å². The van der Waals surface area contributed by atoms with Crippen molar-refractivity contribution in [3.63, 3.8) is 0 Å². The minimum absolute atomic E-state index is 0.0627. The van der Waals surface area contributed by atoms with E-state index < -0.39 is 23.5 Å². The summed E-state index contributed by atoms with van der Waals surface area (Å²) in [5, 5.41) is 21.2. The van der Waals surface area contributed by atoms with Gasteiger partial charge in [-0.2, -0.15) is 0 Å². The smallest absolute Gasteiger partial charge is 0.306 e. The number of halogens is 2. The highest BCUT2D eigenvalue weighted by Crippen LogP contribution is 2.32. The van der Waals surface area contributed by atoms with Crippen molar-refractivity contribution in [2.45, 2.75) is 25.7 Å². The van der Waals surface area contributed by atoms with Crippen molar-refractivity contribution < 1.29 is 23.9 Å². The summed E-state index contributed by atoms with van der Waals surface area (Å²) in [4.78, 5) is 10.9. The Morgan fingerprint density at radius 2 is 1.75 bits per heavy atom. The number of carboxylic acids is 1. The predicted octanol–water partition coefficient (Wildman–Crippen LogP) is 3.03. The van der Waals surface area contributed by atoms with Crippen LogP contribution >= 0.6 is 0 Å². The lowest BCUT2D eigenvalue weighted by molar-refractivity contribution is -0.142. The summed E-state index contributed by atoms with van der Waals surface area (Å²) in [5.74, 6) is -2.92. The Bertz CT molecular complexity index is 537. The lowest BCUT2D eigenvalue weighted by Gasteiger charge is -2.26. The first-order valence-electron chi connectivity index (χ1n) is 6.43. The topological polar surface area (TPSA) is 69.9 Å². The number of benzene rings is 1. The molecule has 0 saturated heterocycles. The van der Waals surface area contributed by atoms with Gasteiger partial charge in [0.25, 0.3) is 0 Å². The summed E-state index contributed by atoms with van der Waals surface area (Å²) >= 11 is 0. The number of nitrogens with zero attached hydrogens (tertiary/aromatic N) is 1. The summed E-state index contributed by atoms with van der Waals surface area (Å²) in [7, 11) is 0. The van der Waals surface area contributed by atoms with Crippen LogP contribution in [0.25, 0.3) is 0 Å². The third-order valence-corrected chi connectivity index (χ3v) is 3.78. The highest BCUT2D eigenvalue weighted by molar-refractivity contribution is 6.02. The minimum Gasteiger partial charge on any atom is -0.481 e. The molecule has 20 heavy (non-hydrogen) atoms. The van der Waals surface area contributed by atoms with E-state index in [1.165, 1.54) is 6.07 Å². The molecule has 0 radical (unpaired) electrons. The van der Waals surface area contributed by atoms with Crippen LogP contribution < -0.4 is 0 Å². The lowest BCUT2D eigenvalue weighted by Crippen LogP contribution is -2.27. The van der Waals surface area contributed by atoms with E-state index in [1.54, 1.807) is 0 Å². The van der Waals surface area contributed by atoms with Crippen molar-refractivity contribution in [1.29, 1.82) is 0 Å². The van der Waals surface area contributed by atoms with Crippen molar-refractivity contribution in [1.82, 2.24) is 0 Å². The van der Waals surface area contributed by atoms with Crippen molar-refractivity contribution >= 4 is 11.7 Å². The molecule has 2 N–H and O–H groups in total. The number of rotatable bonds is 3. The average molecular weight is 283 g/mol. The van der Waals surface area contributed by atoms with E-state index in [2.05, 4.69) is 5.16 Å². The fourth-order valence-electron chi connectivity index (χ4n) is 2.67. The van der Waals surface area contributed by atoms with Crippen molar-refractivity contribution in [2.75, 3.05) is 0 Å². The average Bonchev–Trinajstić information content (AvgIpc) is 2.42. The van der Waals surface area contributed by atoms with Gasteiger partial charge in [-0.3, -0.25) is 4.79 Å². The summed E-state index contributed by atoms with van der Waals surface area (Å²) in [5.41, 5.74) is 0.221. The summed E-state index contributed by atoms with van der Waals surface area (Å²) in [6, 6.07) is 3.08. The van der Waals surface area contributed by atoms with Crippen LogP contribution in [0.1, 0.15) is 31.2 Å². The molecular weight excluding hydrogens is 268 g/mol. The first-order valence-corrected chi connectivity index (χ1v) is 6.43. The molecule has 0 amide bonds. The van der Waals surface area contributed by atoms with Gasteiger partial charge in [-0.05, 0) is 37.8 Å². The molecule has 6 heteroatoms. The Morgan fingerprint density at radius 3 is 2.25 bits per heavy atom. The molecule has 2 rings (SSSR count). The number of aliphatic carboxylic acids is 1. The van der Waals surface area contributed by atoms with Crippen LogP contribution in [-0.4, -0.2) is 22.0 Å². The van der Waals surface area contributed by atoms with Crippen LogP contribution in [0, 0.1) is 23.5 Å². The van der Waals surface area contributed by atoms with E-state index in [0.717, 1.165) is 12.1 Å². The zero-order chi connectivity index (χ0) is 14.7. The van der Waals surface area contributed by atoms with Crippen LogP contribution in [0.3, 0.4) is 0 Å². The molecule has 1 aliphatic rings. The van der Waals surface area contributed by atoms with Gasteiger partial charge < -0.3 is 10.3 Å². The normalized spacial score (nSPS) is 23.6. The van der Waals surface area contributed by atoms with Crippen LogP contribution in [0.2, 0.25) is 0 Å². The van der Waals surface area contributed by atoms with Gasteiger partial charge in [-0.25, -0.2) is 8.78 Å². The van der Waals surface area contributed by atoms with Crippen LogP contribution in [-0.2, 0) is 4.79 Å². The van der Waals surface area contributed by atoms with Crippen LogP contribution in [0.5, 0.6) is 0 Å². The summed E-state index contributed by atoms with van der Waals surface area (Å²) in [6.45, 7) is 0. The van der Waals surface area contributed by atoms with Gasteiger partial charge in [0.05, 0.1) is 11.6 Å². The third kappa shape index (κ3) is 2.95. The van der Waals surface area contributed by atoms with E-state index in [0.29, 0.717) is 25.7 Å². The predicted molar refractivity (Wildman–Crippen MR) is 67.8 cm³/mol. The standard InChI is InChI=1S/C14H15F2NO3/c15-10-5-6-11(12(16)7-10)13(17-20)8-1-3-9(4-2-8)14(18)19/h5-9,20H,1-4H2,(H,18,19). The maximum atomic E-state index is 13.7. The molecule has 0 aromatic heterocycles. The Morgan fingerprint density at radius 1 is 1.15 bits per heavy atom. The minimum atomic E-state index is -0.834. The number of oxime groups is 1. The molecule has 1 aliphatic carbocycles. The van der Waals surface area contributed by atoms with E-state index in [9.17, 15) is 13.6 Å². The highest BCUT2D eigenvalue weighted by atomic mass is 19.1. The Hall–Kier alpha value is -1.98. The van der Waals surface area contributed by atoms with Crippen molar-refractivity contribution in [2.24, 2.45) is 17.0 Å². The quantitative estimate of drug-likeness (QED) is 0.509. The Balaban J connectivity index is 2.16. The molecule has 0 heterocycles. The largest absolute Gasteiger partial charge is 0.481 e. The highest BCUT2D eigenvalue weighted by Gasteiger charge is 2.30. The third-order valence-electron chi connectivity index (χ3n) is 3.78. The molecule has 0 spiro atoms.